The highest BCUT2D eigenvalue weighted by Crippen LogP contribution is 2.32. The number of ketones is 1. The fourth-order valence-corrected chi connectivity index (χ4v) is 5.07. The number of nitrogens with zero attached hydrogens (tertiary/aromatic N) is 2. The maximum atomic E-state index is 13.5. The van der Waals surface area contributed by atoms with Crippen LogP contribution in [0.4, 0.5) is 10.5 Å². The third-order valence-electron chi connectivity index (χ3n) is 6.61. The largest absolute Gasteiger partial charge is 0.338 e. The lowest BCUT2D eigenvalue weighted by atomic mass is 9.80. The van der Waals surface area contributed by atoms with Gasteiger partial charge in [0.1, 0.15) is 5.78 Å². The van der Waals surface area contributed by atoms with Gasteiger partial charge in [-0.2, -0.15) is 0 Å². The molecule has 1 aromatic carbocycles. The van der Waals surface area contributed by atoms with Crippen LogP contribution in [-0.4, -0.2) is 48.3 Å². The molecule has 2 saturated heterocycles. The highest BCUT2D eigenvalue weighted by molar-refractivity contribution is 5.98. The van der Waals surface area contributed by atoms with E-state index in [1.165, 1.54) is 0 Å². The number of urea groups is 1. The summed E-state index contributed by atoms with van der Waals surface area (Å²) in [7, 11) is 0. The number of amides is 3. The van der Waals surface area contributed by atoms with Crippen molar-refractivity contribution in [3.05, 3.63) is 29.8 Å². The van der Waals surface area contributed by atoms with Crippen LogP contribution in [0.5, 0.6) is 0 Å². The smallest absolute Gasteiger partial charge is 0.321 e. The molecule has 6 heteroatoms. The van der Waals surface area contributed by atoms with Gasteiger partial charge in [-0.3, -0.25) is 14.5 Å². The Kier molecular flexibility index (Phi) is 6.16. The molecule has 6 nitrogen and oxygen atoms in total. The van der Waals surface area contributed by atoms with E-state index in [9.17, 15) is 14.4 Å². The normalized spacial score (nSPS) is 26.1. The van der Waals surface area contributed by atoms with Gasteiger partial charge in [0, 0.05) is 49.3 Å². The van der Waals surface area contributed by atoms with Gasteiger partial charge >= 0.3 is 6.03 Å². The van der Waals surface area contributed by atoms with E-state index in [4.69, 9.17) is 0 Å². The number of carbonyl (C=O) groups excluding carboxylic acids is 3. The molecule has 0 bridgehead atoms. The van der Waals surface area contributed by atoms with Crippen LogP contribution in [0.2, 0.25) is 0 Å². The molecule has 2 atom stereocenters. The van der Waals surface area contributed by atoms with Crippen LogP contribution in [0.1, 0.15) is 68.1 Å². The fourth-order valence-electron chi connectivity index (χ4n) is 5.07. The van der Waals surface area contributed by atoms with Crippen molar-refractivity contribution in [3.63, 3.8) is 0 Å². The van der Waals surface area contributed by atoms with Crippen molar-refractivity contribution in [2.24, 2.45) is 5.92 Å². The first-order chi connectivity index (χ1) is 14.1. The highest BCUT2D eigenvalue weighted by atomic mass is 16.2. The van der Waals surface area contributed by atoms with E-state index in [-0.39, 0.29) is 23.9 Å². The molecule has 3 aliphatic rings. The number of carbonyl (C=O) groups is 3. The molecule has 0 spiro atoms. The Morgan fingerprint density at radius 1 is 0.966 bits per heavy atom. The predicted molar refractivity (Wildman–Crippen MR) is 112 cm³/mol. The van der Waals surface area contributed by atoms with Gasteiger partial charge in [0.05, 0.1) is 0 Å². The summed E-state index contributed by atoms with van der Waals surface area (Å²) in [6, 6.07) is 7.30. The molecule has 1 aromatic rings. The lowest BCUT2D eigenvalue weighted by Crippen LogP contribution is -2.48. The van der Waals surface area contributed by atoms with Crippen LogP contribution in [0, 0.1) is 5.92 Å². The van der Waals surface area contributed by atoms with Gasteiger partial charge in [-0.1, -0.05) is 25.3 Å². The number of nitrogens with one attached hydrogen (secondary N) is 1. The van der Waals surface area contributed by atoms with Crippen LogP contribution in [0.25, 0.3) is 0 Å². The molecule has 3 amide bonds. The van der Waals surface area contributed by atoms with Crippen LogP contribution >= 0.6 is 0 Å². The number of hydrogen-bond acceptors (Lipinski definition) is 3. The van der Waals surface area contributed by atoms with Gasteiger partial charge < -0.3 is 10.2 Å². The highest BCUT2D eigenvalue weighted by Gasteiger charge is 2.37. The zero-order chi connectivity index (χ0) is 20.2. The van der Waals surface area contributed by atoms with Crippen molar-refractivity contribution < 1.29 is 14.4 Å². The zero-order valence-corrected chi connectivity index (χ0v) is 17.1. The second kappa shape index (κ2) is 8.97. The summed E-state index contributed by atoms with van der Waals surface area (Å²) in [5.41, 5.74) is 1.36. The molecule has 29 heavy (non-hydrogen) atoms. The molecule has 0 radical (unpaired) electrons. The van der Waals surface area contributed by atoms with Gasteiger partial charge in [-0.15, -0.1) is 0 Å². The van der Waals surface area contributed by atoms with E-state index in [1.54, 1.807) is 4.90 Å². The Labute approximate surface area is 172 Å². The minimum atomic E-state index is -0.110. The third-order valence-corrected chi connectivity index (χ3v) is 6.61. The average Bonchev–Trinajstić information content (AvgIpc) is 3.00. The average molecular weight is 398 g/mol. The Morgan fingerprint density at radius 3 is 2.66 bits per heavy atom. The molecular formula is C23H31N3O3. The Balaban J connectivity index is 1.58. The first kappa shape index (κ1) is 19.9. The lowest BCUT2D eigenvalue weighted by Gasteiger charge is -2.37. The van der Waals surface area contributed by atoms with Crippen molar-refractivity contribution in [1.82, 2.24) is 10.2 Å². The Bertz CT molecular complexity index is 778. The van der Waals surface area contributed by atoms with E-state index < -0.39 is 0 Å². The first-order valence-corrected chi connectivity index (χ1v) is 11.1. The maximum absolute atomic E-state index is 13.5. The van der Waals surface area contributed by atoms with Crippen molar-refractivity contribution in [2.75, 3.05) is 24.5 Å². The minimum Gasteiger partial charge on any atom is -0.338 e. The summed E-state index contributed by atoms with van der Waals surface area (Å²) >= 11 is 0. The maximum Gasteiger partial charge on any atom is 0.321 e. The Morgan fingerprint density at radius 2 is 1.83 bits per heavy atom. The summed E-state index contributed by atoms with van der Waals surface area (Å²) in [4.78, 5) is 42.0. The molecule has 1 saturated carbocycles. The van der Waals surface area contributed by atoms with Gasteiger partial charge in [0.25, 0.3) is 5.91 Å². The van der Waals surface area contributed by atoms with Crippen molar-refractivity contribution in [2.45, 2.75) is 63.8 Å². The van der Waals surface area contributed by atoms with E-state index in [2.05, 4.69) is 5.32 Å². The zero-order valence-electron chi connectivity index (χ0n) is 17.1. The lowest BCUT2D eigenvalue weighted by molar-refractivity contribution is -0.126. The molecule has 1 aliphatic carbocycles. The summed E-state index contributed by atoms with van der Waals surface area (Å²) in [5.74, 6) is 0.316. The summed E-state index contributed by atoms with van der Waals surface area (Å²) in [6.45, 7) is 2.06. The van der Waals surface area contributed by atoms with E-state index >= 15 is 0 Å². The molecule has 2 heterocycles. The summed E-state index contributed by atoms with van der Waals surface area (Å²) in [6.07, 6.45) is 8.59. The van der Waals surface area contributed by atoms with Crippen LogP contribution in [0.3, 0.4) is 0 Å². The number of Topliss-reactive ketones (excluding diaryl/α,β-unsaturated/α-hetero) is 1. The molecule has 3 fully saturated rings. The van der Waals surface area contributed by atoms with Crippen molar-refractivity contribution >= 4 is 23.4 Å². The second-order valence-corrected chi connectivity index (χ2v) is 8.52. The topological polar surface area (TPSA) is 69.7 Å². The summed E-state index contributed by atoms with van der Waals surface area (Å²) < 4.78 is 0. The van der Waals surface area contributed by atoms with Crippen molar-refractivity contribution in [1.29, 1.82) is 0 Å². The van der Waals surface area contributed by atoms with Gasteiger partial charge in [-0.05, 0) is 50.3 Å². The molecule has 156 valence electrons. The van der Waals surface area contributed by atoms with Crippen LogP contribution in [-0.2, 0) is 4.79 Å². The predicted octanol–water partition coefficient (Wildman–Crippen LogP) is 3.75. The van der Waals surface area contributed by atoms with Gasteiger partial charge in [0.2, 0.25) is 0 Å². The van der Waals surface area contributed by atoms with Gasteiger partial charge in [0.15, 0.2) is 0 Å². The SMILES string of the molecule is O=C1CCCCC1C1CCCCCN1C(=O)c1cccc(N2CCCNC2=O)c1. The first-order valence-electron chi connectivity index (χ1n) is 11.1. The molecule has 2 aliphatic heterocycles. The van der Waals surface area contributed by atoms with E-state index in [0.29, 0.717) is 37.4 Å². The molecule has 2 unspecified atom stereocenters. The number of likely N-dealkylation sites (tertiary alicyclic amines) is 1. The quantitative estimate of drug-likeness (QED) is 0.844. The second-order valence-electron chi connectivity index (χ2n) is 8.52. The van der Waals surface area contributed by atoms with E-state index in [1.807, 2.05) is 29.2 Å². The van der Waals surface area contributed by atoms with Crippen LogP contribution < -0.4 is 10.2 Å². The number of benzene rings is 1. The molecule has 0 aromatic heterocycles. The number of rotatable bonds is 3. The molecule has 4 rings (SSSR count). The number of hydrogen-bond donors (Lipinski definition) is 1. The monoisotopic (exact) mass is 397 g/mol. The van der Waals surface area contributed by atoms with E-state index in [0.717, 1.165) is 57.1 Å². The summed E-state index contributed by atoms with van der Waals surface area (Å²) in [5, 5.41) is 2.86. The molecular weight excluding hydrogens is 366 g/mol. The van der Waals surface area contributed by atoms with Crippen LogP contribution in [0.15, 0.2) is 24.3 Å². The third kappa shape index (κ3) is 4.31. The van der Waals surface area contributed by atoms with Crippen molar-refractivity contribution in [3.8, 4) is 0 Å². The Hall–Kier alpha value is -2.37. The molecule has 1 N–H and O–H groups in total. The van der Waals surface area contributed by atoms with Gasteiger partial charge in [-0.25, -0.2) is 4.79 Å². The number of anilines is 1. The minimum absolute atomic E-state index is 0.00505. The fraction of sp³-hybridized carbons (Fsp3) is 0.609. The standard InChI is InChI=1S/C23H31N3O3/c27-21-12-4-3-10-19(21)20-11-2-1-5-14-26(20)22(28)17-8-6-9-18(16-17)25-15-7-13-24-23(25)29/h6,8-9,16,19-20H,1-5,7,10-15H2,(H,24,29).